The number of aromatic hydroxyl groups is 1. The van der Waals surface area contributed by atoms with E-state index in [1.165, 1.54) is 5.56 Å². The molecule has 1 aliphatic rings. The lowest BCUT2D eigenvalue weighted by Crippen LogP contribution is -2.08. The molecule has 0 heterocycles. The van der Waals surface area contributed by atoms with E-state index >= 15 is 0 Å². The first-order chi connectivity index (χ1) is 6.33. The molecule has 1 aromatic rings. The second-order valence-corrected chi connectivity index (χ2v) is 3.28. The number of hydrogen-bond acceptors (Lipinski definition) is 2. The van der Waals surface area contributed by atoms with Gasteiger partial charge in [0.05, 0.1) is 0 Å². The highest BCUT2D eigenvalue weighted by molar-refractivity contribution is 5.75. The molecule has 68 valence electrons. The van der Waals surface area contributed by atoms with Crippen LogP contribution >= 0.6 is 0 Å². The highest BCUT2D eigenvalue weighted by Crippen LogP contribution is 2.32. The van der Waals surface area contributed by atoms with Crippen molar-refractivity contribution in [2.45, 2.75) is 12.8 Å². The van der Waals surface area contributed by atoms with Gasteiger partial charge in [0.1, 0.15) is 5.75 Å². The van der Waals surface area contributed by atoms with Crippen LogP contribution in [0.5, 0.6) is 5.75 Å². The maximum atomic E-state index is 9.66. The molecular weight excluding hydrogens is 162 g/mol. The molecule has 0 saturated carbocycles. The molecule has 0 atom stereocenters. The third kappa shape index (κ3) is 1.33. The maximum Gasteiger partial charge on any atom is 0.123 e. The van der Waals surface area contributed by atoms with Crippen LogP contribution in [0.1, 0.15) is 17.5 Å². The van der Waals surface area contributed by atoms with Crippen molar-refractivity contribution in [1.29, 1.82) is 0 Å². The first-order valence-corrected chi connectivity index (χ1v) is 4.53. The van der Waals surface area contributed by atoms with Crippen molar-refractivity contribution in [3.8, 4) is 5.75 Å². The van der Waals surface area contributed by atoms with E-state index < -0.39 is 0 Å². The van der Waals surface area contributed by atoms with Crippen molar-refractivity contribution in [1.82, 2.24) is 0 Å². The van der Waals surface area contributed by atoms with E-state index in [1.54, 1.807) is 6.07 Å². The Balaban J connectivity index is 2.57. The largest absolute Gasteiger partial charge is 0.507 e. The van der Waals surface area contributed by atoms with E-state index in [0.29, 0.717) is 12.3 Å². The molecule has 0 radical (unpaired) electrons. The average molecular weight is 175 g/mol. The second-order valence-electron chi connectivity index (χ2n) is 3.28. The molecule has 1 aliphatic carbocycles. The number of phenolic OH excluding ortho intramolecular Hbond substituents is 1. The molecule has 0 spiro atoms. The number of rotatable bonds is 1. The summed E-state index contributed by atoms with van der Waals surface area (Å²) in [6.07, 6.45) is 4.15. The van der Waals surface area contributed by atoms with E-state index in [9.17, 15) is 5.11 Å². The highest BCUT2D eigenvalue weighted by Gasteiger charge is 2.14. The van der Waals surface area contributed by atoms with Crippen molar-refractivity contribution >= 4 is 5.57 Å². The lowest BCUT2D eigenvalue weighted by atomic mass is 9.90. The maximum absolute atomic E-state index is 9.66. The molecule has 0 aromatic heterocycles. The number of allylic oxidation sites excluding steroid dienone is 1. The zero-order valence-corrected chi connectivity index (χ0v) is 7.46. The topological polar surface area (TPSA) is 46.2 Å². The third-order valence-electron chi connectivity index (χ3n) is 2.47. The Morgan fingerprint density at radius 3 is 3.00 bits per heavy atom. The summed E-state index contributed by atoms with van der Waals surface area (Å²) >= 11 is 0. The van der Waals surface area contributed by atoms with Gasteiger partial charge in [0.25, 0.3) is 0 Å². The summed E-state index contributed by atoms with van der Waals surface area (Å²) in [7, 11) is 0. The molecule has 2 nitrogen and oxygen atoms in total. The molecule has 13 heavy (non-hydrogen) atoms. The fraction of sp³-hybridized carbons (Fsp3) is 0.273. The number of phenols is 1. The molecule has 0 saturated heterocycles. The van der Waals surface area contributed by atoms with E-state index in [0.717, 1.165) is 24.0 Å². The summed E-state index contributed by atoms with van der Waals surface area (Å²) in [6.45, 7) is 0.505. The van der Waals surface area contributed by atoms with Gasteiger partial charge in [-0.25, -0.2) is 0 Å². The standard InChI is InChI=1S/C11H13NO/c12-7-9-5-1-3-8-4-2-6-10(13)11(8)9/h2,4-6,13H,1,3,7,12H2. The SMILES string of the molecule is NCC1=CCCc2cccc(O)c21. The minimum Gasteiger partial charge on any atom is -0.507 e. The van der Waals surface area contributed by atoms with E-state index in [-0.39, 0.29) is 0 Å². The molecule has 2 rings (SSSR count). The molecule has 0 amide bonds. The van der Waals surface area contributed by atoms with Crippen molar-refractivity contribution < 1.29 is 5.11 Å². The number of hydrogen-bond donors (Lipinski definition) is 2. The average Bonchev–Trinajstić information content (AvgIpc) is 2.17. The zero-order valence-electron chi connectivity index (χ0n) is 7.46. The first-order valence-electron chi connectivity index (χ1n) is 4.53. The monoisotopic (exact) mass is 175 g/mol. The van der Waals surface area contributed by atoms with E-state index in [1.807, 2.05) is 6.07 Å². The normalized spacial score (nSPS) is 15.0. The summed E-state index contributed by atoms with van der Waals surface area (Å²) in [5.74, 6) is 0.355. The molecule has 0 unspecified atom stereocenters. The van der Waals surface area contributed by atoms with Crippen LogP contribution in [0.15, 0.2) is 24.3 Å². The molecule has 0 bridgehead atoms. The minimum atomic E-state index is 0.355. The molecule has 1 aromatic carbocycles. The fourth-order valence-electron chi connectivity index (χ4n) is 1.86. The number of benzene rings is 1. The Hall–Kier alpha value is -1.28. The van der Waals surface area contributed by atoms with E-state index in [2.05, 4.69) is 12.1 Å². The van der Waals surface area contributed by atoms with Crippen LogP contribution in [-0.2, 0) is 6.42 Å². The van der Waals surface area contributed by atoms with Gasteiger partial charge >= 0.3 is 0 Å². The quantitative estimate of drug-likeness (QED) is 0.682. The van der Waals surface area contributed by atoms with Gasteiger partial charge in [-0.3, -0.25) is 0 Å². The van der Waals surface area contributed by atoms with Crippen molar-refractivity contribution in [3.05, 3.63) is 35.4 Å². The lowest BCUT2D eigenvalue weighted by molar-refractivity contribution is 0.472. The van der Waals surface area contributed by atoms with Gasteiger partial charge in [-0.05, 0) is 30.0 Å². The zero-order chi connectivity index (χ0) is 9.26. The van der Waals surface area contributed by atoms with Gasteiger partial charge in [-0.1, -0.05) is 18.2 Å². The fourth-order valence-corrected chi connectivity index (χ4v) is 1.86. The van der Waals surface area contributed by atoms with Crippen LogP contribution in [0, 0.1) is 0 Å². The van der Waals surface area contributed by atoms with Crippen LogP contribution in [0.25, 0.3) is 5.57 Å². The lowest BCUT2D eigenvalue weighted by Gasteiger charge is -2.17. The van der Waals surface area contributed by atoms with Crippen molar-refractivity contribution in [2.75, 3.05) is 6.54 Å². The van der Waals surface area contributed by atoms with Gasteiger partial charge in [0.15, 0.2) is 0 Å². The molecule has 3 N–H and O–H groups in total. The summed E-state index contributed by atoms with van der Waals surface area (Å²) in [4.78, 5) is 0. The second kappa shape index (κ2) is 3.23. The van der Waals surface area contributed by atoms with Crippen LogP contribution < -0.4 is 5.73 Å². The Bertz CT molecular complexity index is 355. The molecule has 2 heteroatoms. The number of aryl methyl sites for hydroxylation is 1. The summed E-state index contributed by atoms with van der Waals surface area (Å²) in [5, 5.41) is 9.66. The number of nitrogens with two attached hydrogens (primary N) is 1. The highest BCUT2D eigenvalue weighted by atomic mass is 16.3. The van der Waals surface area contributed by atoms with Crippen molar-refractivity contribution in [3.63, 3.8) is 0 Å². The summed E-state index contributed by atoms with van der Waals surface area (Å²) in [6, 6.07) is 5.65. The Labute approximate surface area is 77.7 Å². The third-order valence-corrected chi connectivity index (χ3v) is 2.47. The van der Waals surface area contributed by atoms with E-state index in [4.69, 9.17) is 5.73 Å². The predicted octanol–water partition coefficient (Wildman–Crippen LogP) is 1.68. The van der Waals surface area contributed by atoms with Gasteiger partial charge in [-0.15, -0.1) is 0 Å². The minimum absolute atomic E-state index is 0.355. The number of fused-ring (bicyclic) bond motifs is 1. The Kier molecular flexibility index (Phi) is 2.07. The Morgan fingerprint density at radius 1 is 1.38 bits per heavy atom. The predicted molar refractivity (Wildman–Crippen MR) is 53.5 cm³/mol. The van der Waals surface area contributed by atoms with Gasteiger partial charge < -0.3 is 10.8 Å². The van der Waals surface area contributed by atoms with Crippen molar-refractivity contribution in [2.24, 2.45) is 5.73 Å². The van der Waals surface area contributed by atoms with Gasteiger partial charge in [-0.2, -0.15) is 0 Å². The van der Waals surface area contributed by atoms with Gasteiger partial charge in [0, 0.05) is 12.1 Å². The van der Waals surface area contributed by atoms with Crippen LogP contribution in [0.2, 0.25) is 0 Å². The molecular formula is C11H13NO. The Morgan fingerprint density at radius 2 is 2.23 bits per heavy atom. The van der Waals surface area contributed by atoms with Crippen LogP contribution in [0.4, 0.5) is 0 Å². The van der Waals surface area contributed by atoms with Gasteiger partial charge in [0.2, 0.25) is 0 Å². The summed E-state index contributed by atoms with van der Waals surface area (Å²) in [5.41, 5.74) is 8.84. The summed E-state index contributed by atoms with van der Waals surface area (Å²) < 4.78 is 0. The molecule has 0 fully saturated rings. The van der Waals surface area contributed by atoms with Crippen LogP contribution in [-0.4, -0.2) is 11.7 Å². The molecule has 0 aliphatic heterocycles. The smallest absolute Gasteiger partial charge is 0.123 e. The van der Waals surface area contributed by atoms with Crippen LogP contribution in [0.3, 0.4) is 0 Å². The first kappa shape index (κ1) is 8.32.